The topological polar surface area (TPSA) is 231 Å². The zero-order valence-corrected chi connectivity index (χ0v) is 37.8. The first-order valence-corrected chi connectivity index (χ1v) is 15.7. The summed E-state index contributed by atoms with van der Waals surface area (Å²) in [4.78, 5) is 36.4. The van der Waals surface area contributed by atoms with Gasteiger partial charge in [0, 0.05) is 61.7 Å². The van der Waals surface area contributed by atoms with E-state index in [1.807, 2.05) is 80.5 Å². The predicted octanol–water partition coefficient (Wildman–Crippen LogP) is 8.73. The second kappa shape index (κ2) is 118. The van der Waals surface area contributed by atoms with Gasteiger partial charge in [-0.05, 0) is 109 Å². The Hall–Kier alpha value is -4.92. The summed E-state index contributed by atoms with van der Waals surface area (Å²) in [5, 5.41) is 21.5. The molecule has 314 valence electrons. The van der Waals surface area contributed by atoms with Crippen molar-refractivity contribution in [3.05, 3.63) is 47.6 Å². The first-order valence-electron chi connectivity index (χ1n) is 15.7. The molecule has 0 radical (unpaired) electrons. The molecule has 0 fully saturated rings. The third-order valence-corrected chi connectivity index (χ3v) is 3.66. The van der Waals surface area contributed by atoms with Crippen molar-refractivity contribution in [2.24, 2.45) is 30.4 Å². The van der Waals surface area contributed by atoms with E-state index < -0.39 is 0 Å². The van der Waals surface area contributed by atoms with Gasteiger partial charge >= 0.3 is 11.9 Å². The van der Waals surface area contributed by atoms with Gasteiger partial charge in [0.05, 0.1) is 20.3 Å². The average molecular weight is 760 g/mol. The van der Waals surface area contributed by atoms with E-state index in [0.717, 1.165) is 5.57 Å². The SMILES string of the molecule is CC#CC.CC=C(C)C.CC=C(C)C#N.CC=CC.CC=CC(C)=O.CC=NC.CC=NC.CN=NC.CN=NC.COC(C)=O.COC(C)=O.O.O. The Kier molecular flexibility index (Phi) is 193. The Morgan fingerprint density at radius 2 is 0.774 bits per heavy atom. The minimum atomic E-state index is -0.245. The lowest BCUT2D eigenvalue weighted by Crippen LogP contribution is -1.88. The van der Waals surface area contributed by atoms with Gasteiger partial charge in [0.15, 0.2) is 5.78 Å². The molecule has 0 aliphatic carbocycles. The van der Waals surface area contributed by atoms with Gasteiger partial charge in [-0.25, -0.2) is 0 Å². The van der Waals surface area contributed by atoms with Crippen LogP contribution in [0.15, 0.2) is 78.0 Å². The van der Waals surface area contributed by atoms with Gasteiger partial charge in [-0.3, -0.25) is 14.4 Å². The number of azo groups is 2. The number of methoxy groups -OCH3 is 2. The van der Waals surface area contributed by atoms with E-state index in [1.54, 1.807) is 73.8 Å². The van der Waals surface area contributed by atoms with Gasteiger partial charge in [0.25, 0.3) is 0 Å². The van der Waals surface area contributed by atoms with Crippen LogP contribution in [-0.4, -0.2) is 97.6 Å². The number of carbonyl (C=O) groups excluding carboxylic acids is 3. The van der Waals surface area contributed by atoms with Crippen LogP contribution in [0.2, 0.25) is 0 Å². The molecule has 14 nitrogen and oxygen atoms in total. The van der Waals surface area contributed by atoms with Gasteiger partial charge < -0.3 is 30.4 Å². The number of esters is 2. The van der Waals surface area contributed by atoms with Crippen LogP contribution in [0.3, 0.4) is 0 Å². The fraction of sp³-hybridized carbons (Fsp3) is 0.590. The average Bonchev–Trinajstić information content (AvgIpc) is 3.15. The van der Waals surface area contributed by atoms with Crippen LogP contribution in [0.1, 0.15) is 104 Å². The number of nitriles is 1. The number of hydrogen-bond acceptors (Lipinski definition) is 12. The molecule has 0 amide bonds. The van der Waals surface area contributed by atoms with Gasteiger partial charge in [0.2, 0.25) is 0 Å². The number of hydrogen-bond donors (Lipinski definition) is 0. The Morgan fingerprint density at radius 3 is 0.774 bits per heavy atom. The minimum Gasteiger partial charge on any atom is -0.469 e. The number of nitrogens with zero attached hydrogens (tertiary/aromatic N) is 7. The van der Waals surface area contributed by atoms with Crippen molar-refractivity contribution in [3.63, 3.8) is 0 Å². The number of carbonyl (C=O) groups is 3. The number of aliphatic imine (C=N–C) groups is 2. The van der Waals surface area contributed by atoms with E-state index in [0.29, 0.717) is 0 Å². The van der Waals surface area contributed by atoms with Crippen LogP contribution >= 0.6 is 0 Å². The predicted molar refractivity (Wildman–Crippen MR) is 231 cm³/mol. The second-order valence-electron chi connectivity index (χ2n) is 7.95. The van der Waals surface area contributed by atoms with Crippen molar-refractivity contribution in [1.29, 1.82) is 5.26 Å². The molecule has 0 aromatic carbocycles. The van der Waals surface area contributed by atoms with Crippen molar-refractivity contribution in [1.82, 2.24) is 0 Å². The molecule has 0 aliphatic heterocycles. The Bertz CT molecular complexity index is 911. The fourth-order valence-corrected chi connectivity index (χ4v) is 0.299. The highest BCUT2D eigenvalue weighted by atomic mass is 16.5. The van der Waals surface area contributed by atoms with Gasteiger partial charge in [-0.15, -0.1) is 11.8 Å². The zero-order valence-electron chi connectivity index (χ0n) is 37.8. The second-order valence-corrected chi connectivity index (χ2v) is 7.95. The van der Waals surface area contributed by atoms with Gasteiger partial charge in [-0.1, -0.05) is 36.0 Å². The molecule has 0 rings (SSSR count). The van der Waals surface area contributed by atoms with Crippen molar-refractivity contribution in [2.45, 2.75) is 104 Å². The summed E-state index contributed by atoms with van der Waals surface area (Å²) in [5.74, 6) is 4.98. The van der Waals surface area contributed by atoms with E-state index >= 15 is 0 Å². The summed E-state index contributed by atoms with van der Waals surface area (Å²) in [6.45, 7) is 27.3. The van der Waals surface area contributed by atoms with Crippen LogP contribution in [0.4, 0.5) is 0 Å². The summed E-state index contributed by atoms with van der Waals surface area (Å²) in [7, 11) is 12.8. The Morgan fingerprint density at radius 1 is 0.547 bits per heavy atom. The Balaban J connectivity index is -0.0000000302. The summed E-state index contributed by atoms with van der Waals surface area (Å²) in [6.07, 6.45) is 14.6. The molecule has 0 spiro atoms. The number of ketones is 1. The van der Waals surface area contributed by atoms with E-state index in [4.69, 9.17) is 5.26 Å². The third-order valence-electron chi connectivity index (χ3n) is 3.66. The monoisotopic (exact) mass is 760 g/mol. The molecule has 0 heterocycles. The highest BCUT2D eigenvalue weighted by Gasteiger charge is 1.76. The maximum atomic E-state index is 9.96. The van der Waals surface area contributed by atoms with Crippen molar-refractivity contribution >= 4 is 30.2 Å². The van der Waals surface area contributed by atoms with Gasteiger partial charge in [-0.2, -0.15) is 25.7 Å². The molecule has 0 atom stereocenters. The largest absolute Gasteiger partial charge is 0.469 e. The molecule has 0 saturated carbocycles. The zero-order chi connectivity index (χ0) is 43.3. The molecule has 0 saturated heterocycles. The molecule has 53 heavy (non-hydrogen) atoms. The maximum absolute atomic E-state index is 9.96. The maximum Gasteiger partial charge on any atom is 0.302 e. The van der Waals surface area contributed by atoms with Gasteiger partial charge in [0.1, 0.15) is 0 Å². The van der Waals surface area contributed by atoms with E-state index in [1.165, 1.54) is 46.6 Å². The highest BCUT2D eigenvalue weighted by molar-refractivity contribution is 5.87. The minimum absolute atomic E-state index is 0. The van der Waals surface area contributed by atoms with Crippen molar-refractivity contribution in [2.75, 3.05) is 56.5 Å². The Labute approximate surface area is 326 Å². The highest BCUT2D eigenvalue weighted by Crippen LogP contribution is 1.83. The van der Waals surface area contributed by atoms with E-state index in [9.17, 15) is 14.4 Å². The molecule has 0 aliphatic rings. The third kappa shape index (κ3) is 483. The molecule has 0 aromatic rings. The summed E-state index contributed by atoms with van der Waals surface area (Å²) in [6, 6.07) is 1.98. The van der Waals surface area contributed by atoms with Crippen LogP contribution in [-0.2, 0) is 23.9 Å². The fourth-order valence-electron chi connectivity index (χ4n) is 0.299. The van der Waals surface area contributed by atoms with Crippen LogP contribution in [0.5, 0.6) is 0 Å². The molecule has 14 heteroatoms. The molecular formula is C39H81N7O7. The lowest BCUT2D eigenvalue weighted by Gasteiger charge is -1.80. The molecule has 0 bridgehead atoms. The summed E-state index contributed by atoms with van der Waals surface area (Å²) >= 11 is 0. The molecular weight excluding hydrogens is 678 g/mol. The quantitative estimate of drug-likeness (QED) is 0.0482. The lowest BCUT2D eigenvalue weighted by atomic mass is 10.3. The normalized spacial score (nSPS) is 8.08. The van der Waals surface area contributed by atoms with Crippen molar-refractivity contribution in [3.8, 4) is 17.9 Å². The summed E-state index contributed by atoms with van der Waals surface area (Å²) < 4.78 is 8.22. The first-order chi connectivity index (χ1) is 23.9. The smallest absolute Gasteiger partial charge is 0.302 e. The summed E-state index contributed by atoms with van der Waals surface area (Å²) in [5.41, 5.74) is 2.15. The first kappa shape index (κ1) is 86.6. The molecule has 0 unspecified atom stereocenters. The number of allylic oxidation sites excluding steroid dienone is 8. The van der Waals surface area contributed by atoms with Crippen LogP contribution in [0.25, 0.3) is 0 Å². The lowest BCUT2D eigenvalue weighted by molar-refractivity contribution is -0.138. The number of rotatable bonds is 1. The van der Waals surface area contributed by atoms with Crippen molar-refractivity contribution < 1.29 is 34.8 Å². The molecule has 4 N–H and O–H groups in total. The van der Waals surface area contributed by atoms with Crippen LogP contribution in [0, 0.1) is 23.2 Å². The number of ether oxygens (including phenoxy) is 2. The van der Waals surface area contributed by atoms with Crippen LogP contribution < -0.4 is 0 Å². The standard InChI is InChI=1S/C5H7N.C5H8O.C5H10.C4H8.C4H6.2C3H7N.2C3H6O2.2C2H6N2.2H2O/c1-3-5(2)4-6;1-3-4-5(2)6;1-4-5(2)3;4*1-3-4-2;2*1-3(4)5-2;2*1-3-4-2;;/h3H,1-2H3;3-4H,1-2H3;4H,1-3H3;3-4H,1-2H3;1-2H3;2*3H,1-2H3;2*1-2H3;2*1-2H3;2*1H2. The van der Waals surface area contributed by atoms with E-state index in [2.05, 4.69) is 71.7 Å². The molecule has 0 aromatic heterocycles. The van der Waals surface area contributed by atoms with E-state index in [-0.39, 0.29) is 28.7 Å².